The minimum atomic E-state index is -0.420. The topological polar surface area (TPSA) is 26.0 Å². The maximum Gasteiger partial charge on any atom is 0.123 e. The molecule has 0 saturated heterocycles. The molecule has 1 unspecified atom stereocenters. The fraction of sp³-hybridized carbons (Fsp3) is 0.571. The Morgan fingerprint density at radius 2 is 2.06 bits per heavy atom. The third-order valence-corrected chi connectivity index (χ3v) is 2.96. The van der Waals surface area contributed by atoms with Gasteiger partial charge in [-0.15, -0.1) is 0 Å². The fourth-order valence-electron chi connectivity index (χ4n) is 1.87. The Bertz CT molecular complexity index is 331. The number of rotatable bonds is 5. The van der Waals surface area contributed by atoms with Gasteiger partial charge in [0.25, 0.3) is 0 Å². The van der Waals surface area contributed by atoms with Crippen LogP contribution in [0.2, 0.25) is 0 Å². The van der Waals surface area contributed by atoms with Crippen molar-refractivity contribution in [3.05, 3.63) is 35.6 Å². The highest BCUT2D eigenvalue weighted by Gasteiger charge is 2.20. The average molecular weight is 223 g/mol. The lowest BCUT2D eigenvalue weighted by Crippen LogP contribution is -2.33. The molecule has 0 amide bonds. The highest BCUT2D eigenvalue weighted by molar-refractivity contribution is 5.23. The minimum absolute atomic E-state index is 0.210. The van der Waals surface area contributed by atoms with E-state index in [2.05, 4.69) is 13.8 Å². The molecule has 0 aromatic heterocycles. The summed E-state index contributed by atoms with van der Waals surface area (Å²) in [6, 6.07) is 6.61. The summed E-state index contributed by atoms with van der Waals surface area (Å²) in [5.41, 5.74) is 6.69. The maximum atomic E-state index is 13.1. The lowest BCUT2D eigenvalue weighted by atomic mass is 9.87. The minimum Gasteiger partial charge on any atom is -0.322 e. The molecule has 0 aliphatic rings. The number of halogens is 1. The fourth-order valence-corrected chi connectivity index (χ4v) is 1.87. The first-order valence-electron chi connectivity index (χ1n) is 5.97. The molecule has 16 heavy (non-hydrogen) atoms. The van der Waals surface area contributed by atoms with Crippen molar-refractivity contribution in [1.82, 2.24) is 0 Å². The van der Waals surface area contributed by atoms with Crippen molar-refractivity contribution in [2.24, 2.45) is 11.7 Å². The van der Waals surface area contributed by atoms with Gasteiger partial charge < -0.3 is 5.73 Å². The monoisotopic (exact) mass is 223 g/mol. The molecule has 0 radical (unpaired) electrons. The second-order valence-electron chi connectivity index (χ2n) is 5.21. The van der Waals surface area contributed by atoms with Gasteiger partial charge in [0.2, 0.25) is 0 Å². The summed E-state index contributed by atoms with van der Waals surface area (Å²) >= 11 is 0. The summed E-state index contributed by atoms with van der Waals surface area (Å²) in [7, 11) is 0. The van der Waals surface area contributed by atoms with Gasteiger partial charge in [0, 0.05) is 5.54 Å². The van der Waals surface area contributed by atoms with E-state index in [9.17, 15) is 4.39 Å². The Morgan fingerprint density at radius 3 is 2.62 bits per heavy atom. The predicted octanol–water partition coefficient (Wildman–Crippen LogP) is 3.83. The van der Waals surface area contributed by atoms with Crippen molar-refractivity contribution >= 4 is 0 Å². The Morgan fingerprint density at radius 1 is 1.38 bits per heavy atom. The van der Waals surface area contributed by atoms with Gasteiger partial charge in [-0.25, -0.2) is 4.39 Å². The van der Waals surface area contributed by atoms with Crippen molar-refractivity contribution < 1.29 is 4.39 Å². The van der Waals surface area contributed by atoms with Crippen LogP contribution in [0.15, 0.2) is 24.3 Å². The van der Waals surface area contributed by atoms with E-state index in [4.69, 9.17) is 5.73 Å². The molecule has 1 aromatic carbocycles. The molecule has 1 nitrogen and oxygen atoms in total. The molecule has 2 N–H and O–H groups in total. The second-order valence-corrected chi connectivity index (χ2v) is 5.21. The Balaban J connectivity index is 2.62. The molecule has 0 fully saturated rings. The summed E-state index contributed by atoms with van der Waals surface area (Å²) < 4.78 is 13.1. The third-order valence-electron chi connectivity index (χ3n) is 2.96. The third kappa shape index (κ3) is 3.93. The van der Waals surface area contributed by atoms with Gasteiger partial charge in [-0.1, -0.05) is 38.8 Å². The zero-order chi connectivity index (χ0) is 12.2. The van der Waals surface area contributed by atoms with Crippen LogP contribution < -0.4 is 5.73 Å². The average Bonchev–Trinajstić information content (AvgIpc) is 2.16. The molecular weight excluding hydrogens is 201 g/mol. The Kier molecular flexibility index (Phi) is 4.48. The van der Waals surface area contributed by atoms with Crippen LogP contribution in [0.1, 0.15) is 45.6 Å². The first kappa shape index (κ1) is 13.2. The molecule has 1 atom stereocenters. The molecule has 0 spiro atoms. The van der Waals surface area contributed by atoms with E-state index in [1.807, 2.05) is 13.0 Å². The summed E-state index contributed by atoms with van der Waals surface area (Å²) in [5, 5.41) is 0. The number of hydrogen-bond donors (Lipinski definition) is 1. The van der Waals surface area contributed by atoms with Crippen LogP contribution in [0.25, 0.3) is 0 Å². The van der Waals surface area contributed by atoms with E-state index in [1.54, 1.807) is 6.07 Å². The summed E-state index contributed by atoms with van der Waals surface area (Å²) in [4.78, 5) is 0. The Labute approximate surface area is 97.9 Å². The summed E-state index contributed by atoms with van der Waals surface area (Å²) in [5.74, 6) is 0.487. The van der Waals surface area contributed by atoms with Crippen LogP contribution in [0.3, 0.4) is 0 Å². The SMILES string of the molecule is CC(C)CCCC(C)(N)c1cccc(F)c1. The Hall–Kier alpha value is -0.890. The van der Waals surface area contributed by atoms with Crippen LogP contribution in [0, 0.1) is 11.7 Å². The van der Waals surface area contributed by atoms with E-state index >= 15 is 0 Å². The lowest BCUT2D eigenvalue weighted by Gasteiger charge is -2.25. The lowest BCUT2D eigenvalue weighted by molar-refractivity contribution is 0.404. The molecule has 90 valence electrons. The van der Waals surface area contributed by atoms with E-state index in [-0.39, 0.29) is 5.82 Å². The van der Waals surface area contributed by atoms with Crippen LogP contribution in [0.5, 0.6) is 0 Å². The summed E-state index contributed by atoms with van der Waals surface area (Å²) in [6.45, 7) is 6.38. The highest BCUT2D eigenvalue weighted by Crippen LogP contribution is 2.25. The van der Waals surface area contributed by atoms with Crippen molar-refractivity contribution in [1.29, 1.82) is 0 Å². The number of hydrogen-bond acceptors (Lipinski definition) is 1. The highest BCUT2D eigenvalue weighted by atomic mass is 19.1. The van der Waals surface area contributed by atoms with Crippen LogP contribution in [-0.4, -0.2) is 0 Å². The van der Waals surface area contributed by atoms with E-state index < -0.39 is 5.54 Å². The maximum absolute atomic E-state index is 13.1. The smallest absolute Gasteiger partial charge is 0.123 e. The summed E-state index contributed by atoms with van der Waals surface area (Å²) in [6.07, 6.45) is 3.15. The zero-order valence-electron chi connectivity index (χ0n) is 10.5. The largest absolute Gasteiger partial charge is 0.322 e. The van der Waals surface area contributed by atoms with E-state index in [1.165, 1.54) is 18.6 Å². The van der Waals surface area contributed by atoms with Gasteiger partial charge in [0.15, 0.2) is 0 Å². The van der Waals surface area contributed by atoms with Gasteiger partial charge in [0.05, 0.1) is 0 Å². The molecule has 0 heterocycles. The van der Waals surface area contributed by atoms with Crippen LogP contribution >= 0.6 is 0 Å². The quantitative estimate of drug-likeness (QED) is 0.806. The van der Waals surface area contributed by atoms with Crippen molar-refractivity contribution in [2.45, 2.75) is 45.6 Å². The van der Waals surface area contributed by atoms with Crippen molar-refractivity contribution in [2.75, 3.05) is 0 Å². The van der Waals surface area contributed by atoms with Crippen LogP contribution in [0.4, 0.5) is 4.39 Å². The molecule has 1 rings (SSSR count). The second kappa shape index (κ2) is 5.44. The molecular formula is C14H22FN. The molecule has 0 bridgehead atoms. The van der Waals surface area contributed by atoms with Crippen molar-refractivity contribution in [3.63, 3.8) is 0 Å². The molecule has 1 aromatic rings. The normalized spacial score (nSPS) is 15.1. The number of nitrogens with two attached hydrogens (primary N) is 1. The van der Waals surface area contributed by atoms with Gasteiger partial charge in [-0.3, -0.25) is 0 Å². The first-order valence-corrected chi connectivity index (χ1v) is 5.97. The molecule has 2 heteroatoms. The van der Waals surface area contributed by atoms with Crippen LogP contribution in [-0.2, 0) is 5.54 Å². The zero-order valence-corrected chi connectivity index (χ0v) is 10.5. The number of benzene rings is 1. The molecule has 0 aliphatic carbocycles. The van der Waals surface area contributed by atoms with E-state index in [0.29, 0.717) is 5.92 Å². The van der Waals surface area contributed by atoms with E-state index in [0.717, 1.165) is 18.4 Å². The van der Waals surface area contributed by atoms with Gasteiger partial charge in [-0.2, -0.15) is 0 Å². The standard InChI is InChI=1S/C14H22FN/c1-11(2)6-5-9-14(3,16)12-7-4-8-13(15)10-12/h4,7-8,10-11H,5-6,9,16H2,1-3H3. The van der Waals surface area contributed by atoms with Gasteiger partial charge in [-0.05, 0) is 37.0 Å². The van der Waals surface area contributed by atoms with Gasteiger partial charge >= 0.3 is 0 Å². The first-order chi connectivity index (χ1) is 7.42. The van der Waals surface area contributed by atoms with Crippen molar-refractivity contribution in [3.8, 4) is 0 Å². The molecule has 0 saturated carbocycles. The van der Waals surface area contributed by atoms with Gasteiger partial charge in [0.1, 0.15) is 5.82 Å². The predicted molar refractivity (Wildman–Crippen MR) is 66.6 cm³/mol. The molecule has 0 aliphatic heterocycles.